The van der Waals surface area contributed by atoms with Crippen molar-refractivity contribution < 1.29 is 9.13 Å². The Kier molecular flexibility index (Phi) is 4.84. The Morgan fingerprint density at radius 3 is 2.78 bits per heavy atom. The fourth-order valence-corrected chi connectivity index (χ4v) is 2.72. The van der Waals surface area contributed by atoms with Gasteiger partial charge in [0.05, 0.1) is 5.88 Å². The van der Waals surface area contributed by atoms with E-state index in [1.54, 1.807) is 6.07 Å². The third-order valence-electron chi connectivity index (χ3n) is 3.51. The summed E-state index contributed by atoms with van der Waals surface area (Å²) in [6.45, 7) is 2.60. The van der Waals surface area contributed by atoms with E-state index in [0.717, 1.165) is 38.3 Å². The molecule has 18 heavy (non-hydrogen) atoms. The summed E-state index contributed by atoms with van der Waals surface area (Å²) >= 11 is 5.84. The highest BCUT2D eigenvalue weighted by Gasteiger charge is 2.18. The molecule has 0 atom stereocenters. The summed E-state index contributed by atoms with van der Waals surface area (Å²) in [6.07, 6.45) is 2.16. The van der Waals surface area contributed by atoms with Gasteiger partial charge < -0.3 is 9.64 Å². The van der Waals surface area contributed by atoms with Crippen LogP contribution >= 0.6 is 11.6 Å². The molecule has 1 aliphatic heterocycles. The molecule has 1 heterocycles. The van der Waals surface area contributed by atoms with Crippen molar-refractivity contribution in [3.05, 3.63) is 29.6 Å². The Bertz CT molecular complexity index is 393. The molecule has 1 aromatic rings. The molecule has 1 saturated heterocycles. The predicted octanol–water partition coefficient (Wildman–Crippen LogP) is 3.43. The van der Waals surface area contributed by atoms with Crippen LogP contribution in [0.4, 0.5) is 10.1 Å². The van der Waals surface area contributed by atoms with Gasteiger partial charge in [-0.05, 0) is 30.9 Å². The average Bonchev–Trinajstić information content (AvgIpc) is 2.39. The Hall–Kier alpha value is -0.800. The lowest BCUT2D eigenvalue weighted by Crippen LogP contribution is -2.30. The first-order chi connectivity index (χ1) is 8.72. The van der Waals surface area contributed by atoms with Crippen LogP contribution in [0.15, 0.2) is 18.2 Å². The third kappa shape index (κ3) is 3.15. The minimum atomic E-state index is -0.221. The monoisotopic (exact) mass is 271 g/mol. The molecular formula is C14H19ClFNO. The van der Waals surface area contributed by atoms with Crippen LogP contribution in [0.2, 0.25) is 0 Å². The van der Waals surface area contributed by atoms with Gasteiger partial charge in [-0.3, -0.25) is 0 Å². The SMILES string of the molecule is CN(CC1CCOCC1)c1cccc(F)c1CCl. The van der Waals surface area contributed by atoms with Crippen molar-refractivity contribution in [2.24, 2.45) is 5.92 Å². The number of nitrogens with zero attached hydrogens (tertiary/aromatic N) is 1. The maximum Gasteiger partial charge on any atom is 0.129 e. The molecule has 1 aliphatic rings. The van der Waals surface area contributed by atoms with Crippen LogP contribution in [0, 0.1) is 11.7 Å². The molecule has 4 heteroatoms. The quantitative estimate of drug-likeness (QED) is 0.778. The van der Waals surface area contributed by atoms with E-state index in [1.807, 2.05) is 13.1 Å². The van der Waals surface area contributed by atoms with E-state index in [1.165, 1.54) is 6.07 Å². The van der Waals surface area contributed by atoms with Crippen LogP contribution in [0.5, 0.6) is 0 Å². The summed E-state index contributed by atoms with van der Waals surface area (Å²) in [5.74, 6) is 0.608. The Morgan fingerprint density at radius 2 is 2.11 bits per heavy atom. The van der Waals surface area contributed by atoms with Gasteiger partial charge in [-0.25, -0.2) is 4.39 Å². The number of alkyl halides is 1. The molecule has 0 spiro atoms. The van der Waals surface area contributed by atoms with Crippen molar-refractivity contribution in [3.63, 3.8) is 0 Å². The number of benzene rings is 1. The minimum Gasteiger partial charge on any atom is -0.381 e. The number of hydrogen-bond acceptors (Lipinski definition) is 2. The molecule has 1 aromatic carbocycles. The molecule has 0 N–H and O–H groups in total. The third-order valence-corrected chi connectivity index (χ3v) is 3.78. The van der Waals surface area contributed by atoms with Crippen molar-refractivity contribution in [1.82, 2.24) is 0 Å². The van der Waals surface area contributed by atoms with Gasteiger partial charge in [0.2, 0.25) is 0 Å². The number of ether oxygens (including phenoxy) is 1. The van der Waals surface area contributed by atoms with E-state index < -0.39 is 0 Å². The number of halogens is 2. The van der Waals surface area contributed by atoms with Crippen molar-refractivity contribution in [3.8, 4) is 0 Å². The second kappa shape index (κ2) is 6.39. The summed E-state index contributed by atoms with van der Waals surface area (Å²) in [5.41, 5.74) is 1.49. The predicted molar refractivity (Wildman–Crippen MR) is 72.8 cm³/mol. The lowest BCUT2D eigenvalue weighted by molar-refractivity contribution is 0.0685. The molecule has 0 bridgehead atoms. The van der Waals surface area contributed by atoms with Gasteiger partial charge in [0.25, 0.3) is 0 Å². The zero-order valence-electron chi connectivity index (χ0n) is 10.7. The highest BCUT2D eigenvalue weighted by atomic mass is 35.5. The van der Waals surface area contributed by atoms with Gasteiger partial charge in [0.1, 0.15) is 5.82 Å². The number of hydrogen-bond donors (Lipinski definition) is 0. The van der Waals surface area contributed by atoms with Gasteiger partial charge >= 0.3 is 0 Å². The van der Waals surface area contributed by atoms with Crippen LogP contribution in [0.1, 0.15) is 18.4 Å². The van der Waals surface area contributed by atoms with Crippen LogP contribution in [0.3, 0.4) is 0 Å². The molecule has 0 aromatic heterocycles. The van der Waals surface area contributed by atoms with Crippen molar-refractivity contribution in [2.75, 3.05) is 31.7 Å². The smallest absolute Gasteiger partial charge is 0.129 e. The lowest BCUT2D eigenvalue weighted by atomic mass is 9.99. The maximum absolute atomic E-state index is 13.7. The van der Waals surface area contributed by atoms with Crippen LogP contribution in [-0.4, -0.2) is 26.8 Å². The Balaban J connectivity index is 2.07. The molecule has 2 rings (SSSR count). The fourth-order valence-electron chi connectivity index (χ4n) is 2.45. The minimum absolute atomic E-state index is 0.208. The molecule has 2 nitrogen and oxygen atoms in total. The summed E-state index contributed by atoms with van der Waals surface area (Å²) < 4.78 is 19.0. The molecule has 0 saturated carbocycles. The Labute approximate surface area is 113 Å². The number of rotatable bonds is 4. The van der Waals surface area contributed by atoms with E-state index in [2.05, 4.69) is 4.90 Å². The largest absolute Gasteiger partial charge is 0.381 e. The van der Waals surface area contributed by atoms with Crippen LogP contribution < -0.4 is 4.90 Å². The summed E-state index contributed by atoms with van der Waals surface area (Å²) in [7, 11) is 2.00. The molecule has 0 radical (unpaired) electrons. The van der Waals surface area contributed by atoms with Gasteiger partial charge in [0, 0.05) is 38.1 Å². The van der Waals surface area contributed by atoms with Crippen molar-refractivity contribution in [1.29, 1.82) is 0 Å². The van der Waals surface area contributed by atoms with Gasteiger partial charge in [-0.1, -0.05) is 6.07 Å². The first-order valence-corrected chi connectivity index (χ1v) is 6.88. The van der Waals surface area contributed by atoms with Gasteiger partial charge in [-0.15, -0.1) is 11.6 Å². The highest BCUT2D eigenvalue weighted by Crippen LogP contribution is 2.26. The topological polar surface area (TPSA) is 12.5 Å². The lowest BCUT2D eigenvalue weighted by Gasteiger charge is -2.29. The van der Waals surface area contributed by atoms with Crippen LogP contribution in [-0.2, 0) is 10.6 Å². The molecule has 0 amide bonds. The molecule has 1 fully saturated rings. The molecule has 100 valence electrons. The second-order valence-corrected chi connectivity index (χ2v) is 5.07. The maximum atomic E-state index is 13.7. The van der Waals surface area contributed by atoms with E-state index in [9.17, 15) is 4.39 Å². The van der Waals surface area contributed by atoms with Gasteiger partial charge in [-0.2, -0.15) is 0 Å². The highest BCUT2D eigenvalue weighted by molar-refractivity contribution is 6.17. The average molecular weight is 272 g/mol. The Morgan fingerprint density at radius 1 is 1.39 bits per heavy atom. The first-order valence-electron chi connectivity index (χ1n) is 6.34. The summed E-state index contributed by atoms with van der Waals surface area (Å²) in [5, 5.41) is 0. The standard InChI is InChI=1S/C14H19ClFNO/c1-17(10-11-5-7-18-8-6-11)14-4-2-3-13(16)12(14)9-15/h2-4,11H,5-10H2,1H3. The van der Waals surface area contributed by atoms with E-state index in [4.69, 9.17) is 16.3 Å². The number of anilines is 1. The van der Waals surface area contributed by atoms with E-state index in [0.29, 0.717) is 11.5 Å². The second-order valence-electron chi connectivity index (χ2n) is 4.81. The zero-order valence-corrected chi connectivity index (χ0v) is 11.4. The summed E-state index contributed by atoms with van der Waals surface area (Å²) in [6, 6.07) is 5.13. The first kappa shape index (κ1) is 13.6. The van der Waals surface area contributed by atoms with E-state index in [-0.39, 0.29) is 11.7 Å². The fraction of sp³-hybridized carbons (Fsp3) is 0.571. The molecule has 0 aliphatic carbocycles. The van der Waals surface area contributed by atoms with Gasteiger partial charge in [0.15, 0.2) is 0 Å². The normalized spacial score (nSPS) is 16.8. The zero-order chi connectivity index (χ0) is 13.0. The molecular weight excluding hydrogens is 253 g/mol. The van der Waals surface area contributed by atoms with Crippen LogP contribution in [0.25, 0.3) is 0 Å². The summed E-state index contributed by atoms with van der Waals surface area (Å²) in [4.78, 5) is 2.11. The molecule has 0 unspecified atom stereocenters. The van der Waals surface area contributed by atoms with Crippen molar-refractivity contribution >= 4 is 17.3 Å². The van der Waals surface area contributed by atoms with E-state index >= 15 is 0 Å². The van der Waals surface area contributed by atoms with Crippen molar-refractivity contribution in [2.45, 2.75) is 18.7 Å².